The molecule has 0 saturated carbocycles. The first-order valence-corrected chi connectivity index (χ1v) is 22.3. The zero-order valence-electron chi connectivity index (χ0n) is 39.3. The van der Waals surface area contributed by atoms with Gasteiger partial charge in [0.05, 0.1) is 48.8 Å². The molecule has 1 unspecified atom stereocenters. The van der Waals surface area contributed by atoms with Crippen molar-refractivity contribution in [3.8, 4) is 0 Å². The fraction of sp³-hybridized carbons (Fsp3) is 0.702. The maximum Gasteiger partial charge on any atom is 0.303 e. The van der Waals surface area contributed by atoms with Crippen molar-refractivity contribution in [3.05, 3.63) is 47.5 Å². The average molecular weight is 872 g/mol. The fourth-order valence-electron chi connectivity index (χ4n) is 8.47. The summed E-state index contributed by atoms with van der Waals surface area (Å²) in [4.78, 5) is 83.6. The molecule has 1 aromatic carbocycles. The number of nitrogens with one attached hydrogen (secondary N) is 3. The summed E-state index contributed by atoms with van der Waals surface area (Å²) < 4.78 is 11.9. The summed E-state index contributed by atoms with van der Waals surface area (Å²) in [6.07, 6.45) is 1.82. The zero-order chi connectivity index (χ0) is 46.8. The molecule has 0 aromatic heterocycles. The Labute approximate surface area is 370 Å². The third-order valence-corrected chi connectivity index (χ3v) is 12.3. The number of aliphatic hydroxyl groups excluding tert-OH is 1. The summed E-state index contributed by atoms with van der Waals surface area (Å²) in [5.41, 5.74) is 1.32. The van der Waals surface area contributed by atoms with Gasteiger partial charge < -0.3 is 40.5 Å². The van der Waals surface area contributed by atoms with Crippen LogP contribution in [0.2, 0.25) is 0 Å². The Balaban J connectivity index is 2.26. The molecular formula is C47H77N5O10. The number of hydrogen-bond acceptors (Lipinski definition) is 10. The number of methoxy groups -OCH3 is 2. The standard InChI is InChI=1S/C47H77N5O10/c1-13-30(6)35(25-31(7)43(57)40(28(2)3)49-47(60)42(29(4)5)51(10)23-18-22-39(55)56)37(61-11)26-38(54)52-24-17-21-36(52)44(62-12)32(8)45(58)50-41(33(9)53)46(59)48-27-34-19-15-14-16-20-34/h14-16,19-20,25,28-30,32-33,35-37,40-42,44,53H,13,17-18,21-24,26-27H2,1-12H3,(H,48,59)(H,49,60)(H,50,58)(H,55,56)/b31-25+/t30-,32+,33+,35?,36-,37+,40-,41-,42-,44+/m0/s1. The molecule has 5 N–H and O–H groups in total. The van der Waals surface area contributed by atoms with E-state index in [1.54, 1.807) is 32.9 Å². The van der Waals surface area contributed by atoms with E-state index in [9.17, 15) is 33.9 Å². The summed E-state index contributed by atoms with van der Waals surface area (Å²) in [7, 11) is 4.83. The Morgan fingerprint density at radius 1 is 0.903 bits per heavy atom. The fourth-order valence-corrected chi connectivity index (χ4v) is 8.47. The number of benzene rings is 1. The predicted octanol–water partition coefficient (Wildman–Crippen LogP) is 4.36. The molecule has 10 atom stereocenters. The molecule has 0 radical (unpaired) electrons. The minimum atomic E-state index is -1.21. The number of nitrogens with zero attached hydrogens (tertiary/aromatic N) is 2. The van der Waals surface area contributed by atoms with Crippen molar-refractivity contribution in [2.24, 2.45) is 29.6 Å². The summed E-state index contributed by atoms with van der Waals surface area (Å²) in [5.74, 6) is -4.07. The average Bonchev–Trinajstić information content (AvgIpc) is 3.71. The maximum atomic E-state index is 14.2. The van der Waals surface area contributed by atoms with Crippen LogP contribution in [0.15, 0.2) is 42.0 Å². The molecule has 1 saturated heterocycles. The number of ketones is 1. The number of rotatable bonds is 27. The Hall–Kier alpha value is -4.18. The van der Waals surface area contributed by atoms with E-state index in [2.05, 4.69) is 16.0 Å². The quantitative estimate of drug-likeness (QED) is 0.0787. The number of aliphatic carboxylic acids is 1. The Morgan fingerprint density at radius 2 is 1.53 bits per heavy atom. The Kier molecular flexibility index (Phi) is 23.0. The third-order valence-electron chi connectivity index (χ3n) is 12.3. The minimum Gasteiger partial charge on any atom is -0.481 e. The van der Waals surface area contributed by atoms with E-state index in [1.165, 1.54) is 14.0 Å². The molecule has 15 heteroatoms. The van der Waals surface area contributed by atoms with Crippen molar-refractivity contribution in [2.75, 3.05) is 34.4 Å². The predicted molar refractivity (Wildman–Crippen MR) is 239 cm³/mol. The molecule has 0 bridgehead atoms. The maximum absolute atomic E-state index is 14.2. The smallest absolute Gasteiger partial charge is 0.303 e. The van der Waals surface area contributed by atoms with Gasteiger partial charge >= 0.3 is 5.97 Å². The lowest BCUT2D eigenvalue weighted by Gasteiger charge is -2.36. The van der Waals surface area contributed by atoms with Crippen LogP contribution in [0.25, 0.3) is 0 Å². The first-order valence-electron chi connectivity index (χ1n) is 22.3. The minimum absolute atomic E-state index is 0.00575. The van der Waals surface area contributed by atoms with E-state index < -0.39 is 66.2 Å². The Bertz CT molecular complexity index is 1640. The number of aliphatic hydroxyl groups is 1. The van der Waals surface area contributed by atoms with Gasteiger partial charge in [-0.25, -0.2) is 0 Å². The molecule has 350 valence electrons. The molecule has 15 nitrogen and oxygen atoms in total. The first kappa shape index (κ1) is 54.0. The highest BCUT2D eigenvalue weighted by Crippen LogP contribution is 2.31. The van der Waals surface area contributed by atoms with Gasteiger partial charge in [-0.05, 0) is 75.6 Å². The number of likely N-dealkylation sites (tertiary alicyclic amines) is 1. The molecule has 62 heavy (non-hydrogen) atoms. The van der Waals surface area contributed by atoms with Crippen LogP contribution in [-0.4, -0.2) is 132 Å². The van der Waals surface area contributed by atoms with E-state index in [1.807, 2.05) is 82.9 Å². The van der Waals surface area contributed by atoms with Gasteiger partial charge in [-0.15, -0.1) is 0 Å². The number of Topliss-reactive ketones (excluding diaryl/α,β-unsaturated/α-hetero) is 1. The lowest BCUT2D eigenvalue weighted by atomic mass is 9.82. The van der Waals surface area contributed by atoms with E-state index in [-0.39, 0.29) is 60.7 Å². The van der Waals surface area contributed by atoms with Crippen LogP contribution in [-0.2, 0) is 44.8 Å². The molecule has 0 aliphatic carbocycles. The van der Waals surface area contributed by atoms with Gasteiger partial charge in [-0.3, -0.25) is 33.7 Å². The number of carboxylic acid groups (broad SMARTS) is 1. The number of carbonyl (C=O) groups excluding carboxylic acids is 5. The van der Waals surface area contributed by atoms with Crippen LogP contribution in [0.1, 0.15) is 106 Å². The lowest BCUT2D eigenvalue weighted by molar-refractivity contribution is -0.143. The van der Waals surface area contributed by atoms with Crippen molar-refractivity contribution in [3.63, 3.8) is 0 Å². The van der Waals surface area contributed by atoms with Crippen LogP contribution in [0, 0.1) is 29.6 Å². The van der Waals surface area contributed by atoms with Crippen molar-refractivity contribution in [1.82, 2.24) is 25.8 Å². The Morgan fingerprint density at radius 3 is 2.06 bits per heavy atom. The molecule has 0 spiro atoms. The summed E-state index contributed by atoms with van der Waals surface area (Å²) in [5, 5.41) is 28.1. The highest BCUT2D eigenvalue weighted by Gasteiger charge is 2.42. The van der Waals surface area contributed by atoms with Gasteiger partial charge in [0, 0.05) is 39.6 Å². The molecule has 1 aromatic rings. The first-order chi connectivity index (χ1) is 29.2. The second-order valence-electron chi connectivity index (χ2n) is 17.8. The van der Waals surface area contributed by atoms with E-state index in [0.717, 1.165) is 12.0 Å². The number of carbonyl (C=O) groups is 6. The van der Waals surface area contributed by atoms with Crippen molar-refractivity contribution < 1.29 is 48.5 Å². The van der Waals surface area contributed by atoms with Gasteiger partial charge in [-0.1, -0.05) is 91.3 Å². The van der Waals surface area contributed by atoms with E-state index in [4.69, 9.17) is 14.6 Å². The van der Waals surface area contributed by atoms with E-state index >= 15 is 0 Å². The van der Waals surface area contributed by atoms with Crippen molar-refractivity contribution in [2.45, 2.75) is 150 Å². The van der Waals surface area contributed by atoms with Crippen LogP contribution < -0.4 is 16.0 Å². The van der Waals surface area contributed by atoms with Crippen molar-refractivity contribution in [1.29, 1.82) is 0 Å². The third kappa shape index (κ3) is 15.9. The summed E-state index contributed by atoms with van der Waals surface area (Å²) in [6.45, 7) is 17.6. The van der Waals surface area contributed by atoms with Crippen molar-refractivity contribution >= 4 is 35.4 Å². The molecule has 4 amide bonds. The number of likely N-dealkylation sites (N-methyl/N-ethyl adjacent to an activating group) is 1. The lowest BCUT2D eigenvalue weighted by Crippen LogP contribution is -2.56. The normalized spacial score (nSPS) is 18.9. The van der Waals surface area contributed by atoms with Gasteiger partial charge in [0.15, 0.2) is 5.78 Å². The van der Waals surface area contributed by atoms with Gasteiger partial charge in [0.2, 0.25) is 23.6 Å². The largest absolute Gasteiger partial charge is 0.481 e. The highest BCUT2D eigenvalue weighted by molar-refractivity contribution is 6.01. The van der Waals surface area contributed by atoms with Crippen LogP contribution in [0.4, 0.5) is 0 Å². The topological polar surface area (TPSA) is 204 Å². The molecule has 1 fully saturated rings. The second-order valence-corrected chi connectivity index (χ2v) is 17.8. The van der Waals surface area contributed by atoms with Crippen LogP contribution in [0.3, 0.4) is 0 Å². The molecule has 1 heterocycles. The van der Waals surface area contributed by atoms with Gasteiger partial charge in [0.1, 0.15) is 6.04 Å². The summed E-state index contributed by atoms with van der Waals surface area (Å²) in [6, 6.07) is 6.27. The van der Waals surface area contributed by atoms with Gasteiger partial charge in [-0.2, -0.15) is 0 Å². The molecule has 2 rings (SSSR count). The van der Waals surface area contributed by atoms with Crippen LogP contribution in [0.5, 0.6) is 0 Å². The van der Waals surface area contributed by atoms with Crippen LogP contribution >= 0.6 is 0 Å². The SMILES string of the molecule is CC[C@H](C)C(/C=C(\C)C(=O)[C@@H](NC(=O)[C@H](C(C)C)N(C)CCCC(=O)O)C(C)C)[C@@H](CC(=O)N1CCC[C@H]1[C@H](OC)[C@@H](C)C(=O)N[C@H](C(=O)NCc1ccccc1)[C@@H](C)O)OC. The van der Waals surface area contributed by atoms with Gasteiger partial charge in [0.25, 0.3) is 0 Å². The molecule has 1 aliphatic rings. The zero-order valence-corrected chi connectivity index (χ0v) is 39.3. The number of carboxylic acids is 1. The molecular weight excluding hydrogens is 795 g/mol. The number of hydrogen-bond donors (Lipinski definition) is 5. The van der Waals surface area contributed by atoms with E-state index in [0.29, 0.717) is 37.9 Å². The molecule has 1 aliphatic heterocycles. The monoisotopic (exact) mass is 872 g/mol. The number of ether oxygens (including phenoxy) is 2. The summed E-state index contributed by atoms with van der Waals surface area (Å²) >= 11 is 0. The highest BCUT2D eigenvalue weighted by atomic mass is 16.5. The number of amides is 4. The second kappa shape index (κ2) is 26.4.